The van der Waals surface area contributed by atoms with Crippen LogP contribution < -0.4 is 10.6 Å². The molecule has 1 amide bonds. The molecule has 0 saturated heterocycles. The highest BCUT2D eigenvalue weighted by Gasteiger charge is 2.41. The molecule has 0 unspecified atom stereocenters. The summed E-state index contributed by atoms with van der Waals surface area (Å²) in [7, 11) is 0. The van der Waals surface area contributed by atoms with Crippen LogP contribution in [0.5, 0.6) is 0 Å². The van der Waals surface area contributed by atoms with Gasteiger partial charge in [0.25, 0.3) is 5.91 Å². The molecule has 3 N–H and O–H groups in total. The Bertz CT molecular complexity index is 1750. The number of aryl methyl sites for hydroxylation is 1. The second-order valence-electron chi connectivity index (χ2n) is 9.71. The Morgan fingerprint density at radius 3 is 2.51 bits per heavy atom. The van der Waals surface area contributed by atoms with E-state index in [9.17, 15) is 20.0 Å². The fraction of sp³-hybridized carbons (Fsp3) is 0.267. The number of carboxylic acid groups (broad SMARTS) is 1. The molecule has 2 aromatic carbocycles. The highest BCUT2D eigenvalue weighted by molar-refractivity contribution is 7.22. The summed E-state index contributed by atoms with van der Waals surface area (Å²) in [5.41, 5.74) is 2.07. The van der Waals surface area contributed by atoms with Gasteiger partial charge in [0.05, 0.1) is 15.8 Å². The van der Waals surface area contributed by atoms with Crippen LogP contribution in [0.25, 0.3) is 27.3 Å². The summed E-state index contributed by atoms with van der Waals surface area (Å²) in [6.07, 6.45) is 1.68. The predicted octanol–water partition coefficient (Wildman–Crippen LogP) is 6.21. The van der Waals surface area contributed by atoms with Gasteiger partial charge in [0.2, 0.25) is 5.54 Å². The number of carboxylic acids is 1. The minimum Gasteiger partial charge on any atom is -0.479 e. The number of rotatable bonds is 8. The van der Waals surface area contributed by atoms with Gasteiger partial charge in [-0.15, -0.1) is 10.2 Å². The Balaban J connectivity index is 0.00000189. The zero-order chi connectivity index (χ0) is 29.7. The van der Waals surface area contributed by atoms with Gasteiger partial charge in [0, 0.05) is 17.4 Å². The van der Waals surface area contributed by atoms with Crippen LogP contribution in [0.1, 0.15) is 50.0 Å². The zero-order valence-corrected chi connectivity index (χ0v) is 24.3. The van der Waals surface area contributed by atoms with Crippen molar-refractivity contribution in [3.05, 3.63) is 71.9 Å². The molecule has 0 radical (unpaired) electrons. The number of nitrogens with zero attached hydrogens (tertiary/aromatic N) is 5. The zero-order valence-electron chi connectivity index (χ0n) is 23.5. The van der Waals surface area contributed by atoms with Crippen LogP contribution in [0.4, 0.5) is 10.8 Å². The number of carbonyl (C=O) groups is 2. The summed E-state index contributed by atoms with van der Waals surface area (Å²) < 4.78 is 2.77. The molecule has 0 aliphatic rings. The van der Waals surface area contributed by atoms with Gasteiger partial charge in [-0.25, -0.2) is 9.78 Å². The van der Waals surface area contributed by atoms with E-state index in [-0.39, 0.29) is 23.5 Å². The van der Waals surface area contributed by atoms with Gasteiger partial charge in [-0.05, 0) is 73.4 Å². The number of carbonyl (C=O) groups excluding carboxylic acids is 1. The summed E-state index contributed by atoms with van der Waals surface area (Å²) in [6, 6.07) is 18.7. The van der Waals surface area contributed by atoms with Crippen LogP contribution in [-0.4, -0.2) is 42.1 Å². The first kappa shape index (κ1) is 29.2. The number of aromatic nitrogens is 4. The second-order valence-corrected chi connectivity index (χ2v) is 10.7. The maximum absolute atomic E-state index is 13.1. The summed E-state index contributed by atoms with van der Waals surface area (Å²) >= 11 is 1.58. The van der Waals surface area contributed by atoms with Crippen LogP contribution in [0.15, 0.2) is 60.8 Å². The van der Waals surface area contributed by atoms with Gasteiger partial charge in [-0.3, -0.25) is 9.20 Å². The molecule has 41 heavy (non-hydrogen) atoms. The lowest BCUT2D eigenvalue weighted by molar-refractivity contribution is -0.142. The number of nitrogens with one attached hydrogen (secondary N) is 2. The first-order valence-electron chi connectivity index (χ1n) is 13.2. The van der Waals surface area contributed by atoms with Crippen molar-refractivity contribution in [1.82, 2.24) is 24.9 Å². The van der Waals surface area contributed by atoms with Crippen LogP contribution in [0.3, 0.4) is 0 Å². The molecule has 3 heterocycles. The molecular weight excluding hydrogens is 538 g/mol. The molecule has 0 spiro atoms. The van der Waals surface area contributed by atoms with Crippen molar-refractivity contribution in [3.63, 3.8) is 0 Å². The number of hydrogen-bond donors (Lipinski definition) is 3. The first-order valence-corrected chi connectivity index (χ1v) is 14.1. The number of benzene rings is 2. The molecule has 210 valence electrons. The SMILES string of the molecule is CC.Cc1ccc2nc(Nc3ccc(-c4nnc5c(C(=O)N[C@](C#N)(CC(C)C)C(=O)O)cccn45)cc3)sc2c1. The maximum Gasteiger partial charge on any atom is 0.344 e. The Morgan fingerprint density at radius 2 is 1.85 bits per heavy atom. The van der Waals surface area contributed by atoms with Crippen LogP contribution in [0.2, 0.25) is 0 Å². The van der Waals surface area contributed by atoms with Crippen molar-refractivity contribution in [2.45, 2.75) is 46.6 Å². The average molecular weight is 570 g/mol. The monoisotopic (exact) mass is 569 g/mol. The number of fused-ring (bicyclic) bond motifs is 2. The van der Waals surface area contributed by atoms with Gasteiger partial charge in [-0.2, -0.15) is 5.26 Å². The van der Waals surface area contributed by atoms with E-state index < -0.39 is 17.4 Å². The molecule has 5 rings (SSSR count). The highest BCUT2D eigenvalue weighted by Crippen LogP contribution is 2.30. The highest BCUT2D eigenvalue weighted by atomic mass is 32.1. The van der Waals surface area contributed by atoms with Gasteiger partial charge >= 0.3 is 5.97 Å². The third-order valence-corrected chi connectivity index (χ3v) is 7.15. The van der Waals surface area contributed by atoms with Crippen molar-refractivity contribution in [1.29, 1.82) is 5.26 Å². The lowest BCUT2D eigenvalue weighted by Crippen LogP contribution is -2.54. The minimum atomic E-state index is -2.05. The summed E-state index contributed by atoms with van der Waals surface area (Å²) in [6.45, 7) is 9.62. The van der Waals surface area contributed by atoms with E-state index in [0.29, 0.717) is 5.82 Å². The number of aliphatic carboxylic acids is 1. The first-order chi connectivity index (χ1) is 19.7. The number of nitriles is 1. The summed E-state index contributed by atoms with van der Waals surface area (Å²) in [4.78, 5) is 29.7. The number of anilines is 2. The predicted molar refractivity (Wildman–Crippen MR) is 160 cm³/mol. The van der Waals surface area contributed by atoms with Gasteiger partial charge in [0.1, 0.15) is 6.07 Å². The summed E-state index contributed by atoms with van der Waals surface area (Å²) in [5.74, 6) is -1.74. The van der Waals surface area contributed by atoms with E-state index in [0.717, 1.165) is 26.6 Å². The molecule has 11 heteroatoms. The van der Waals surface area contributed by atoms with Gasteiger partial charge in [-0.1, -0.05) is 45.1 Å². The van der Waals surface area contributed by atoms with Crippen molar-refractivity contribution in [2.75, 3.05) is 5.32 Å². The molecular formula is C30H31N7O3S. The maximum atomic E-state index is 13.1. The Hall–Kier alpha value is -4.82. The van der Waals surface area contributed by atoms with Crippen LogP contribution in [0, 0.1) is 24.2 Å². The number of hydrogen-bond acceptors (Lipinski definition) is 8. The van der Waals surface area contributed by atoms with Crippen molar-refractivity contribution in [2.24, 2.45) is 5.92 Å². The van der Waals surface area contributed by atoms with Crippen LogP contribution in [-0.2, 0) is 4.79 Å². The van der Waals surface area contributed by atoms with Crippen molar-refractivity contribution in [3.8, 4) is 17.5 Å². The Kier molecular flexibility index (Phi) is 8.64. The quantitative estimate of drug-likeness (QED) is 0.200. The number of pyridine rings is 1. The third-order valence-electron chi connectivity index (χ3n) is 6.21. The van der Waals surface area contributed by atoms with E-state index in [2.05, 4.69) is 38.8 Å². The average Bonchev–Trinajstić information content (AvgIpc) is 3.57. The fourth-order valence-electron chi connectivity index (χ4n) is 4.39. The Labute approximate surface area is 241 Å². The molecule has 3 aromatic heterocycles. The second kappa shape index (κ2) is 12.1. The molecule has 0 bridgehead atoms. The smallest absolute Gasteiger partial charge is 0.344 e. The molecule has 10 nitrogen and oxygen atoms in total. The van der Waals surface area contributed by atoms with Crippen molar-refractivity contribution < 1.29 is 14.7 Å². The summed E-state index contributed by atoms with van der Waals surface area (Å²) in [5, 5.41) is 34.4. The topological polar surface area (TPSA) is 145 Å². The van der Waals surface area contributed by atoms with E-state index in [1.54, 1.807) is 47.9 Å². The minimum absolute atomic E-state index is 0.0390. The van der Waals surface area contributed by atoms with Crippen molar-refractivity contribution >= 4 is 49.9 Å². The fourth-order valence-corrected chi connectivity index (χ4v) is 5.37. The van der Waals surface area contributed by atoms with E-state index in [1.165, 1.54) is 11.6 Å². The number of thiazole rings is 1. The van der Waals surface area contributed by atoms with E-state index in [1.807, 2.05) is 50.2 Å². The molecule has 1 atom stereocenters. The van der Waals surface area contributed by atoms with Gasteiger partial charge in [0.15, 0.2) is 16.6 Å². The molecule has 0 aliphatic heterocycles. The molecule has 0 saturated carbocycles. The lowest BCUT2D eigenvalue weighted by atomic mass is 9.90. The van der Waals surface area contributed by atoms with Gasteiger partial charge < -0.3 is 15.7 Å². The largest absolute Gasteiger partial charge is 0.479 e. The lowest BCUT2D eigenvalue weighted by Gasteiger charge is -2.25. The Morgan fingerprint density at radius 1 is 1.12 bits per heavy atom. The number of amides is 1. The molecule has 5 aromatic rings. The third kappa shape index (κ3) is 6.02. The molecule has 0 aliphatic carbocycles. The molecule has 0 fully saturated rings. The van der Waals surface area contributed by atoms with E-state index in [4.69, 9.17) is 0 Å². The van der Waals surface area contributed by atoms with Crippen LogP contribution >= 0.6 is 11.3 Å². The standard InChI is InChI=1S/C28H25N7O3S.C2H6/c1-16(2)14-28(15-29,26(37)38)32-25(36)20-5-4-12-35-23(33-34-24(20)35)18-7-9-19(10-8-18)30-27-31-21-11-6-17(3)13-22(21)39-27;1-2/h4-13,16H,14H2,1-3H3,(H,30,31)(H,32,36)(H,37,38);1-2H3/t28-;/m0./s1. The van der Waals surface area contributed by atoms with E-state index >= 15 is 0 Å². The normalized spacial score (nSPS) is 12.3.